The lowest BCUT2D eigenvalue weighted by molar-refractivity contribution is -0.137. The number of H-pyrrole nitrogens is 1. The number of oxazole rings is 1. The zero-order chi connectivity index (χ0) is 19.9. The predicted octanol–water partition coefficient (Wildman–Crippen LogP) is 4.52. The number of carbonyl (C=O) groups excluding carboxylic acids is 1. The summed E-state index contributed by atoms with van der Waals surface area (Å²) in [5.41, 5.74) is 1.43. The molecule has 0 aliphatic heterocycles. The van der Waals surface area contributed by atoms with Gasteiger partial charge in [0.05, 0.1) is 16.8 Å². The number of nitrogens with zero attached hydrogens (tertiary/aromatic N) is 1. The van der Waals surface area contributed by atoms with E-state index >= 15 is 0 Å². The summed E-state index contributed by atoms with van der Waals surface area (Å²) in [4.78, 5) is 30.3. The minimum absolute atomic E-state index is 0.0836. The molecule has 10 heteroatoms. The number of hydrogen-bond acceptors (Lipinski definition) is 5. The maximum atomic E-state index is 12.6. The second-order valence-corrected chi connectivity index (χ2v) is 6.65. The Balaban J connectivity index is 1.52. The molecule has 28 heavy (non-hydrogen) atoms. The maximum Gasteiger partial charge on any atom is 0.417 e. The van der Waals surface area contributed by atoms with Crippen LogP contribution in [0, 0.1) is 0 Å². The van der Waals surface area contributed by atoms with Crippen LogP contribution in [0.1, 0.15) is 15.9 Å². The average molecular weight is 405 g/mol. The van der Waals surface area contributed by atoms with Gasteiger partial charge >= 0.3 is 11.9 Å². The number of amides is 1. The second kappa shape index (κ2) is 6.64. The van der Waals surface area contributed by atoms with Crippen LogP contribution in [0.25, 0.3) is 22.4 Å². The molecule has 0 unspecified atom stereocenters. The van der Waals surface area contributed by atoms with Gasteiger partial charge < -0.3 is 4.42 Å². The lowest BCUT2D eigenvalue weighted by Gasteiger charge is -2.07. The third kappa shape index (κ3) is 3.54. The Morgan fingerprint density at radius 3 is 2.61 bits per heavy atom. The van der Waals surface area contributed by atoms with Crippen molar-refractivity contribution < 1.29 is 22.4 Å². The number of carbonyl (C=O) groups is 1. The highest BCUT2D eigenvalue weighted by Crippen LogP contribution is 2.30. The number of thiazole rings is 1. The Hall–Kier alpha value is -3.40. The van der Waals surface area contributed by atoms with Gasteiger partial charge in [-0.15, -0.1) is 11.3 Å². The van der Waals surface area contributed by atoms with E-state index in [0.29, 0.717) is 22.4 Å². The largest absolute Gasteiger partial charge is 0.417 e. The highest BCUT2D eigenvalue weighted by atomic mass is 32.1. The quantitative estimate of drug-likeness (QED) is 0.525. The summed E-state index contributed by atoms with van der Waals surface area (Å²) in [5.74, 6) is -1.13. The van der Waals surface area contributed by atoms with E-state index in [1.54, 1.807) is 23.6 Å². The molecule has 0 saturated carbocycles. The highest BCUT2D eigenvalue weighted by molar-refractivity contribution is 7.14. The highest BCUT2D eigenvalue weighted by Gasteiger charge is 2.30. The molecule has 0 bridgehead atoms. The third-order valence-electron chi connectivity index (χ3n) is 3.92. The Bertz CT molecular complexity index is 1220. The van der Waals surface area contributed by atoms with Crippen molar-refractivity contribution in [1.29, 1.82) is 0 Å². The Kier molecular flexibility index (Phi) is 4.27. The van der Waals surface area contributed by atoms with Gasteiger partial charge in [0.15, 0.2) is 10.7 Å². The van der Waals surface area contributed by atoms with E-state index in [-0.39, 0.29) is 10.7 Å². The second-order valence-electron chi connectivity index (χ2n) is 5.79. The van der Waals surface area contributed by atoms with Gasteiger partial charge in [0.1, 0.15) is 0 Å². The number of nitrogens with one attached hydrogen (secondary N) is 2. The fourth-order valence-corrected chi connectivity index (χ4v) is 3.26. The van der Waals surface area contributed by atoms with Crippen LogP contribution in [0.3, 0.4) is 0 Å². The van der Waals surface area contributed by atoms with E-state index in [2.05, 4.69) is 15.3 Å². The van der Waals surface area contributed by atoms with Gasteiger partial charge in [0.2, 0.25) is 0 Å². The zero-order valence-electron chi connectivity index (χ0n) is 13.8. The van der Waals surface area contributed by atoms with E-state index < -0.39 is 23.4 Å². The molecule has 4 aromatic rings. The molecule has 0 saturated heterocycles. The molecule has 0 aliphatic carbocycles. The third-order valence-corrected chi connectivity index (χ3v) is 4.67. The van der Waals surface area contributed by atoms with Crippen LogP contribution in [0.4, 0.5) is 18.3 Å². The molecule has 0 fully saturated rings. The Morgan fingerprint density at radius 1 is 1.14 bits per heavy atom. The predicted molar refractivity (Wildman–Crippen MR) is 97.3 cm³/mol. The van der Waals surface area contributed by atoms with Crippen molar-refractivity contribution in [2.75, 3.05) is 5.32 Å². The number of alkyl halides is 3. The summed E-state index contributed by atoms with van der Waals surface area (Å²) in [7, 11) is 0. The fourth-order valence-electron chi connectivity index (χ4n) is 2.55. The summed E-state index contributed by atoms with van der Waals surface area (Å²) >= 11 is 1.16. The average Bonchev–Trinajstić information content (AvgIpc) is 3.25. The summed E-state index contributed by atoms with van der Waals surface area (Å²) in [6.45, 7) is 0. The summed E-state index contributed by atoms with van der Waals surface area (Å²) < 4.78 is 42.8. The van der Waals surface area contributed by atoms with Crippen LogP contribution in [-0.2, 0) is 6.18 Å². The molecule has 2 aromatic heterocycles. The minimum atomic E-state index is -4.46. The zero-order valence-corrected chi connectivity index (χ0v) is 14.6. The van der Waals surface area contributed by atoms with Gasteiger partial charge in [-0.1, -0.05) is 6.07 Å². The number of fused-ring (bicyclic) bond motifs is 1. The molecule has 0 radical (unpaired) electrons. The number of aromatic nitrogens is 2. The summed E-state index contributed by atoms with van der Waals surface area (Å²) in [6.07, 6.45) is -4.46. The molecular formula is C18H10F3N3O3S. The smallest absolute Gasteiger partial charge is 0.408 e. The van der Waals surface area contributed by atoms with Crippen molar-refractivity contribution in [3.05, 3.63) is 69.5 Å². The van der Waals surface area contributed by atoms with Crippen LogP contribution in [-0.4, -0.2) is 15.9 Å². The minimum Gasteiger partial charge on any atom is -0.408 e. The fraction of sp³-hybridized carbons (Fsp3) is 0.0556. The van der Waals surface area contributed by atoms with Crippen LogP contribution < -0.4 is 11.1 Å². The van der Waals surface area contributed by atoms with Crippen molar-refractivity contribution in [3.63, 3.8) is 0 Å². The summed E-state index contributed by atoms with van der Waals surface area (Å²) in [6, 6.07) is 8.97. The van der Waals surface area contributed by atoms with Crippen LogP contribution in [0.5, 0.6) is 0 Å². The van der Waals surface area contributed by atoms with E-state index in [9.17, 15) is 22.8 Å². The molecule has 6 nitrogen and oxygen atoms in total. The lowest BCUT2D eigenvalue weighted by atomic mass is 10.1. The van der Waals surface area contributed by atoms with Crippen molar-refractivity contribution >= 4 is 33.5 Å². The molecule has 2 aromatic carbocycles. The van der Waals surface area contributed by atoms with Crippen molar-refractivity contribution in [1.82, 2.24) is 9.97 Å². The molecule has 142 valence electrons. The number of halogens is 3. The number of aromatic amines is 1. The van der Waals surface area contributed by atoms with Gasteiger partial charge in [-0.05, 0) is 36.4 Å². The standard InChI is InChI=1S/C18H10F3N3O3S/c19-18(20,21)11-4-1-9(2-5-11)15(25)24-16-22-13(8-28-16)10-3-6-12-14(7-10)27-17(26)23-12/h1-8H,(H,23,26)(H,22,24,25). The molecule has 2 N–H and O–H groups in total. The SMILES string of the molecule is O=C(Nc1nc(-c2ccc3[nH]c(=O)oc3c2)cs1)c1ccc(C(F)(F)F)cc1. The molecule has 0 spiro atoms. The Morgan fingerprint density at radius 2 is 1.89 bits per heavy atom. The maximum absolute atomic E-state index is 12.6. The van der Waals surface area contributed by atoms with Crippen molar-refractivity contribution in [2.45, 2.75) is 6.18 Å². The number of hydrogen-bond donors (Lipinski definition) is 2. The topological polar surface area (TPSA) is 88.0 Å². The first-order valence-electron chi connectivity index (χ1n) is 7.87. The monoisotopic (exact) mass is 405 g/mol. The van der Waals surface area contributed by atoms with Gasteiger partial charge in [0, 0.05) is 16.5 Å². The Labute approximate surface area is 158 Å². The first-order chi connectivity index (χ1) is 13.3. The van der Waals surface area contributed by atoms with Crippen LogP contribution in [0.15, 0.2) is 57.1 Å². The molecule has 0 aliphatic rings. The molecule has 4 rings (SSSR count). The van der Waals surface area contributed by atoms with E-state index in [1.165, 1.54) is 0 Å². The van der Waals surface area contributed by atoms with E-state index in [1.807, 2.05) is 0 Å². The molecule has 2 heterocycles. The number of rotatable bonds is 3. The molecular weight excluding hydrogens is 395 g/mol. The van der Waals surface area contributed by atoms with Crippen molar-refractivity contribution in [3.8, 4) is 11.3 Å². The van der Waals surface area contributed by atoms with Crippen LogP contribution >= 0.6 is 11.3 Å². The molecule has 1 amide bonds. The number of anilines is 1. The van der Waals surface area contributed by atoms with Gasteiger partial charge in [-0.25, -0.2) is 9.78 Å². The van der Waals surface area contributed by atoms with E-state index in [0.717, 1.165) is 35.6 Å². The lowest BCUT2D eigenvalue weighted by Crippen LogP contribution is -2.12. The van der Waals surface area contributed by atoms with Crippen molar-refractivity contribution in [2.24, 2.45) is 0 Å². The van der Waals surface area contributed by atoms with Gasteiger partial charge in [0.25, 0.3) is 5.91 Å². The number of benzene rings is 2. The first-order valence-corrected chi connectivity index (χ1v) is 8.75. The summed E-state index contributed by atoms with van der Waals surface area (Å²) in [5, 5.41) is 4.55. The van der Waals surface area contributed by atoms with Gasteiger partial charge in [-0.2, -0.15) is 13.2 Å². The van der Waals surface area contributed by atoms with Gasteiger partial charge in [-0.3, -0.25) is 15.1 Å². The normalized spacial score (nSPS) is 11.7. The van der Waals surface area contributed by atoms with Crippen LogP contribution in [0.2, 0.25) is 0 Å². The molecule has 0 atom stereocenters. The first kappa shape index (κ1) is 18.0. The van der Waals surface area contributed by atoms with E-state index in [4.69, 9.17) is 4.42 Å².